The SMILES string of the molecule is COCCSCc1nccs1. The van der Waals surface area contributed by atoms with E-state index in [2.05, 4.69) is 4.98 Å². The van der Waals surface area contributed by atoms with E-state index in [0.717, 1.165) is 18.1 Å². The maximum absolute atomic E-state index is 4.92. The molecule has 0 atom stereocenters. The van der Waals surface area contributed by atoms with Crippen LogP contribution in [0.1, 0.15) is 5.01 Å². The van der Waals surface area contributed by atoms with Gasteiger partial charge in [-0.05, 0) is 0 Å². The van der Waals surface area contributed by atoms with Gasteiger partial charge in [0.15, 0.2) is 0 Å². The molecule has 11 heavy (non-hydrogen) atoms. The van der Waals surface area contributed by atoms with Gasteiger partial charge < -0.3 is 4.74 Å². The standard InChI is InChI=1S/C7H11NOS2/c1-9-3-5-10-6-7-8-2-4-11-7/h2,4H,3,5-6H2,1H3. The molecule has 62 valence electrons. The van der Waals surface area contributed by atoms with Gasteiger partial charge in [0.05, 0.1) is 6.61 Å². The van der Waals surface area contributed by atoms with Crippen molar-refractivity contribution in [3.8, 4) is 0 Å². The highest BCUT2D eigenvalue weighted by atomic mass is 32.2. The average Bonchev–Trinajstić information content (AvgIpc) is 2.50. The predicted octanol–water partition coefficient (Wildman–Crippen LogP) is 2.02. The smallest absolute Gasteiger partial charge is 0.102 e. The highest BCUT2D eigenvalue weighted by Gasteiger charge is 1.94. The summed E-state index contributed by atoms with van der Waals surface area (Å²) in [4.78, 5) is 4.17. The Morgan fingerprint density at radius 2 is 2.64 bits per heavy atom. The van der Waals surface area contributed by atoms with Crippen molar-refractivity contribution in [3.05, 3.63) is 16.6 Å². The summed E-state index contributed by atoms with van der Waals surface area (Å²) in [5.41, 5.74) is 0. The molecule has 0 aliphatic rings. The van der Waals surface area contributed by atoms with Crippen molar-refractivity contribution in [1.29, 1.82) is 0 Å². The van der Waals surface area contributed by atoms with Crippen LogP contribution < -0.4 is 0 Å². The van der Waals surface area contributed by atoms with Crippen molar-refractivity contribution in [3.63, 3.8) is 0 Å². The fourth-order valence-corrected chi connectivity index (χ4v) is 2.23. The van der Waals surface area contributed by atoms with Crippen molar-refractivity contribution >= 4 is 23.1 Å². The zero-order valence-electron chi connectivity index (χ0n) is 6.45. The lowest BCUT2D eigenvalue weighted by Crippen LogP contribution is -1.91. The van der Waals surface area contributed by atoms with Gasteiger partial charge in [0.25, 0.3) is 0 Å². The number of nitrogens with zero attached hydrogens (tertiary/aromatic N) is 1. The minimum Gasteiger partial charge on any atom is -0.384 e. The molecule has 0 N–H and O–H groups in total. The predicted molar refractivity (Wildman–Crippen MR) is 50.2 cm³/mol. The first-order valence-corrected chi connectivity index (χ1v) is 5.42. The van der Waals surface area contributed by atoms with Crippen molar-refractivity contribution in [2.24, 2.45) is 0 Å². The monoisotopic (exact) mass is 189 g/mol. The summed E-state index contributed by atoms with van der Waals surface area (Å²) in [7, 11) is 1.73. The number of thioether (sulfide) groups is 1. The van der Waals surface area contributed by atoms with E-state index in [4.69, 9.17) is 4.74 Å². The van der Waals surface area contributed by atoms with Crippen LogP contribution in [-0.4, -0.2) is 24.5 Å². The van der Waals surface area contributed by atoms with Crippen LogP contribution in [-0.2, 0) is 10.5 Å². The molecule has 0 aromatic carbocycles. The van der Waals surface area contributed by atoms with E-state index in [9.17, 15) is 0 Å². The third-order valence-electron chi connectivity index (χ3n) is 1.14. The molecular weight excluding hydrogens is 178 g/mol. The van der Waals surface area contributed by atoms with Crippen LogP contribution in [0.15, 0.2) is 11.6 Å². The molecule has 0 aliphatic carbocycles. The van der Waals surface area contributed by atoms with Crippen molar-refractivity contribution in [2.45, 2.75) is 5.75 Å². The summed E-state index contributed by atoms with van der Waals surface area (Å²) in [5.74, 6) is 2.07. The lowest BCUT2D eigenvalue weighted by atomic mass is 10.8. The van der Waals surface area contributed by atoms with Gasteiger partial charge in [0.2, 0.25) is 0 Å². The first kappa shape index (κ1) is 9.03. The second-order valence-electron chi connectivity index (χ2n) is 1.97. The Kier molecular flexibility index (Phi) is 4.58. The van der Waals surface area contributed by atoms with Gasteiger partial charge in [-0.15, -0.1) is 11.3 Å². The fourth-order valence-electron chi connectivity index (χ4n) is 0.626. The zero-order valence-corrected chi connectivity index (χ0v) is 8.08. The molecule has 0 radical (unpaired) electrons. The highest BCUT2D eigenvalue weighted by Crippen LogP contribution is 2.13. The Bertz CT molecular complexity index is 177. The fraction of sp³-hybridized carbons (Fsp3) is 0.571. The number of hydrogen-bond donors (Lipinski definition) is 0. The Hall–Kier alpha value is -0.0600. The van der Waals surface area contributed by atoms with Gasteiger partial charge in [0.1, 0.15) is 5.01 Å². The molecule has 0 saturated carbocycles. The normalized spacial score (nSPS) is 10.3. The molecule has 1 aromatic rings. The first-order chi connectivity index (χ1) is 5.43. The quantitative estimate of drug-likeness (QED) is 0.662. The summed E-state index contributed by atoms with van der Waals surface area (Å²) < 4.78 is 4.92. The summed E-state index contributed by atoms with van der Waals surface area (Å²) >= 11 is 3.57. The molecule has 1 heterocycles. The van der Waals surface area contributed by atoms with Gasteiger partial charge in [-0.25, -0.2) is 4.98 Å². The summed E-state index contributed by atoms with van der Waals surface area (Å²) in [5, 5.41) is 3.21. The maximum atomic E-state index is 4.92. The number of thiazole rings is 1. The number of aromatic nitrogens is 1. The molecule has 0 aliphatic heterocycles. The maximum Gasteiger partial charge on any atom is 0.102 e. The molecule has 0 bridgehead atoms. The van der Waals surface area contributed by atoms with Crippen molar-refractivity contribution < 1.29 is 4.74 Å². The van der Waals surface area contributed by atoms with Crippen LogP contribution >= 0.6 is 23.1 Å². The zero-order chi connectivity index (χ0) is 7.94. The van der Waals surface area contributed by atoms with E-state index in [0.29, 0.717) is 0 Å². The minimum absolute atomic E-state index is 0.829. The van der Waals surface area contributed by atoms with E-state index in [1.54, 1.807) is 18.4 Å². The number of rotatable bonds is 5. The van der Waals surface area contributed by atoms with E-state index >= 15 is 0 Å². The summed E-state index contributed by atoms with van der Waals surface area (Å²) in [6.45, 7) is 0.829. The lowest BCUT2D eigenvalue weighted by molar-refractivity contribution is 0.218. The van der Waals surface area contributed by atoms with Crippen LogP contribution in [0.25, 0.3) is 0 Å². The molecule has 1 aromatic heterocycles. The van der Waals surface area contributed by atoms with Crippen LogP contribution in [0.2, 0.25) is 0 Å². The van der Waals surface area contributed by atoms with Crippen molar-refractivity contribution in [2.75, 3.05) is 19.5 Å². The highest BCUT2D eigenvalue weighted by molar-refractivity contribution is 7.98. The molecule has 0 saturated heterocycles. The molecule has 0 amide bonds. The molecule has 0 fully saturated rings. The minimum atomic E-state index is 0.829. The number of hydrogen-bond acceptors (Lipinski definition) is 4. The van der Waals surface area contributed by atoms with E-state index in [1.165, 1.54) is 5.01 Å². The Morgan fingerprint density at radius 3 is 3.27 bits per heavy atom. The van der Waals surface area contributed by atoms with Gasteiger partial charge in [-0.1, -0.05) is 0 Å². The Morgan fingerprint density at radius 1 is 1.73 bits per heavy atom. The van der Waals surface area contributed by atoms with Gasteiger partial charge in [0, 0.05) is 30.2 Å². The molecule has 2 nitrogen and oxygen atoms in total. The summed E-state index contributed by atoms with van der Waals surface area (Å²) in [6.07, 6.45) is 1.84. The Balaban J connectivity index is 2.04. The van der Waals surface area contributed by atoms with E-state index < -0.39 is 0 Å². The van der Waals surface area contributed by atoms with Gasteiger partial charge in [-0.3, -0.25) is 0 Å². The second-order valence-corrected chi connectivity index (χ2v) is 4.06. The molecule has 0 spiro atoms. The largest absolute Gasteiger partial charge is 0.384 e. The van der Waals surface area contributed by atoms with Crippen LogP contribution in [0, 0.1) is 0 Å². The average molecular weight is 189 g/mol. The molecule has 0 unspecified atom stereocenters. The van der Waals surface area contributed by atoms with Gasteiger partial charge >= 0.3 is 0 Å². The molecular formula is C7H11NOS2. The molecule has 1 rings (SSSR count). The molecule has 4 heteroatoms. The topological polar surface area (TPSA) is 22.1 Å². The van der Waals surface area contributed by atoms with Crippen LogP contribution in [0.5, 0.6) is 0 Å². The van der Waals surface area contributed by atoms with Crippen molar-refractivity contribution in [1.82, 2.24) is 4.98 Å². The lowest BCUT2D eigenvalue weighted by Gasteiger charge is -1.96. The van der Waals surface area contributed by atoms with E-state index in [-0.39, 0.29) is 0 Å². The number of methoxy groups -OCH3 is 1. The van der Waals surface area contributed by atoms with Crippen LogP contribution in [0.4, 0.5) is 0 Å². The second kappa shape index (κ2) is 5.57. The Labute approximate surface area is 75.0 Å². The third-order valence-corrected chi connectivity index (χ3v) is 3.04. The summed E-state index contributed by atoms with van der Waals surface area (Å²) in [6, 6.07) is 0. The first-order valence-electron chi connectivity index (χ1n) is 3.38. The third kappa shape index (κ3) is 3.74. The number of ether oxygens (including phenoxy) is 1. The van der Waals surface area contributed by atoms with E-state index in [1.807, 2.05) is 23.3 Å². The van der Waals surface area contributed by atoms with Gasteiger partial charge in [-0.2, -0.15) is 11.8 Å². The van der Waals surface area contributed by atoms with Crippen LogP contribution in [0.3, 0.4) is 0 Å².